The Labute approximate surface area is 152 Å². The second-order valence-corrected chi connectivity index (χ2v) is 6.55. The number of nitrogens with one attached hydrogen (secondary N) is 2. The number of anilines is 1. The minimum atomic E-state index is -0.121. The average molecular weight is 360 g/mol. The van der Waals surface area contributed by atoms with Gasteiger partial charge in [-0.15, -0.1) is 0 Å². The molecule has 1 amide bonds. The van der Waals surface area contributed by atoms with E-state index in [0.29, 0.717) is 12.1 Å². The Morgan fingerprint density at radius 3 is 2.88 bits per heavy atom. The van der Waals surface area contributed by atoms with E-state index in [2.05, 4.69) is 15.6 Å². The second kappa shape index (κ2) is 8.83. The van der Waals surface area contributed by atoms with Crippen LogP contribution in [-0.4, -0.2) is 36.7 Å². The zero-order valence-corrected chi connectivity index (χ0v) is 14.8. The molecule has 0 saturated carbocycles. The van der Waals surface area contributed by atoms with Crippen molar-refractivity contribution < 1.29 is 9.53 Å². The smallest absolute Gasteiger partial charge is 0.253 e. The highest BCUT2D eigenvalue weighted by atomic mass is 35.5. The normalized spacial score (nSPS) is 16.6. The number of pyridine rings is 1. The first-order valence-corrected chi connectivity index (χ1v) is 8.92. The average Bonchev–Trinajstić information content (AvgIpc) is 3.15. The van der Waals surface area contributed by atoms with Gasteiger partial charge in [-0.3, -0.25) is 9.78 Å². The molecule has 1 aromatic carbocycles. The summed E-state index contributed by atoms with van der Waals surface area (Å²) >= 11 is 5.89. The van der Waals surface area contributed by atoms with Crippen molar-refractivity contribution in [3.05, 3.63) is 58.9 Å². The SMILES string of the molecule is O=C(NCC1CCCO1)c1cncc(NCCc2ccc(Cl)cc2)c1. The zero-order valence-electron chi connectivity index (χ0n) is 14.0. The molecule has 1 aliphatic rings. The molecular formula is C19H22ClN3O2. The second-order valence-electron chi connectivity index (χ2n) is 6.11. The largest absolute Gasteiger partial charge is 0.383 e. The van der Waals surface area contributed by atoms with Gasteiger partial charge in [-0.25, -0.2) is 0 Å². The third-order valence-electron chi connectivity index (χ3n) is 4.17. The van der Waals surface area contributed by atoms with Gasteiger partial charge >= 0.3 is 0 Å². The number of hydrogen-bond donors (Lipinski definition) is 2. The molecule has 1 saturated heterocycles. The number of carbonyl (C=O) groups excluding carboxylic acids is 1. The number of nitrogens with zero attached hydrogens (tertiary/aromatic N) is 1. The highest BCUT2D eigenvalue weighted by Crippen LogP contribution is 2.13. The number of hydrogen-bond acceptors (Lipinski definition) is 4. The van der Waals surface area contributed by atoms with E-state index in [-0.39, 0.29) is 12.0 Å². The van der Waals surface area contributed by atoms with Crippen molar-refractivity contribution in [1.82, 2.24) is 10.3 Å². The van der Waals surface area contributed by atoms with Crippen molar-refractivity contribution in [2.75, 3.05) is 25.0 Å². The van der Waals surface area contributed by atoms with Crippen LogP contribution in [-0.2, 0) is 11.2 Å². The molecule has 2 aromatic rings. The first-order valence-electron chi connectivity index (χ1n) is 8.54. The maximum Gasteiger partial charge on any atom is 0.253 e. The van der Waals surface area contributed by atoms with Crippen molar-refractivity contribution >= 4 is 23.2 Å². The molecule has 0 radical (unpaired) electrons. The van der Waals surface area contributed by atoms with Crippen molar-refractivity contribution in [3.8, 4) is 0 Å². The quantitative estimate of drug-likeness (QED) is 0.796. The van der Waals surface area contributed by atoms with Crippen LogP contribution in [0.15, 0.2) is 42.7 Å². The Balaban J connectivity index is 1.48. The fraction of sp³-hybridized carbons (Fsp3) is 0.368. The summed E-state index contributed by atoms with van der Waals surface area (Å²) in [7, 11) is 0. The molecule has 6 heteroatoms. The van der Waals surface area contributed by atoms with Gasteiger partial charge in [0.25, 0.3) is 5.91 Å². The van der Waals surface area contributed by atoms with Crippen LogP contribution in [0.1, 0.15) is 28.8 Å². The van der Waals surface area contributed by atoms with Crippen LogP contribution >= 0.6 is 11.6 Å². The number of carbonyl (C=O) groups is 1. The van der Waals surface area contributed by atoms with Gasteiger partial charge in [0, 0.05) is 37.1 Å². The highest BCUT2D eigenvalue weighted by Gasteiger charge is 2.16. The van der Waals surface area contributed by atoms with E-state index in [1.165, 1.54) is 5.56 Å². The molecule has 0 bridgehead atoms. The third-order valence-corrected chi connectivity index (χ3v) is 4.42. The standard InChI is InChI=1S/C19H22ClN3O2/c20-16-5-3-14(4-6-16)7-8-22-17-10-15(11-21-12-17)19(24)23-13-18-2-1-9-25-18/h3-6,10-12,18,22H,1-2,7-9,13H2,(H,23,24). The van der Waals surface area contributed by atoms with Crippen LogP contribution in [0.4, 0.5) is 5.69 Å². The summed E-state index contributed by atoms with van der Waals surface area (Å²) in [6.45, 7) is 2.09. The summed E-state index contributed by atoms with van der Waals surface area (Å²) in [6, 6.07) is 9.61. The zero-order chi connectivity index (χ0) is 17.5. The van der Waals surface area contributed by atoms with E-state index >= 15 is 0 Å². The number of ether oxygens (including phenoxy) is 1. The number of benzene rings is 1. The maximum atomic E-state index is 12.2. The van der Waals surface area contributed by atoms with Gasteiger partial charge < -0.3 is 15.4 Å². The molecule has 1 atom stereocenters. The molecule has 132 valence electrons. The molecule has 1 fully saturated rings. The minimum Gasteiger partial charge on any atom is -0.383 e. The van der Waals surface area contributed by atoms with Gasteiger partial charge in [-0.2, -0.15) is 0 Å². The van der Waals surface area contributed by atoms with E-state index in [9.17, 15) is 4.79 Å². The fourth-order valence-electron chi connectivity index (χ4n) is 2.78. The molecular weight excluding hydrogens is 338 g/mol. The molecule has 1 unspecified atom stereocenters. The molecule has 3 rings (SSSR count). The van der Waals surface area contributed by atoms with Gasteiger partial charge in [0.15, 0.2) is 0 Å². The lowest BCUT2D eigenvalue weighted by Gasteiger charge is -2.11. The predicted octanol–water partition coefficient (Wildman–Crippen LogP) is 3.30. The van der Waals surface area contributed by atoms with Gasteiger partial charge in [-0.1, -0.05) is 23.7 Å². The first-order chi connectivity index (χ1) is 12.2. The number of aromatic nitrogens is 1. The van der Waals surface area contributed by atoms with Crippen LogP contribution in [0.5, 0.6) is 0 Å². The Morgan fingerprint density at radius 1 is 1.28 bits per heavy atom. The minimum absolute atomic E-state index is 0.121. The van der Waals surface area contributed by atoms with Crippen molar-refractivity contribution in [2.24, 2.45) is 0 Å². The third kappa shape index (κ3) is 5.44. The maximum absolute atomic E-state index is 12.2. The van der Waals surface area contributed by atoms with Crippen molar-refractivity contribution in [2.45, 2.75) is 25.4 Å². The number of halogens is 1. The molecule has 5 nitrogen and oxygen atoms in total. The van der Waals surface area contributed by atoms with Crippen LogP contribution in [0.3, 0.4) is 0 Å². The lowest BCUT2D eigenvalue weighted by Crippen LogP contribution is -2.31. The molecule has 2 heterocycles. The van der Waals surface area contributed by atoms with E-state index in [1.54, 1.807) is 12.4 Å². The van der Waals surface area contributed by atoms with E-state index < -0.39 is 0 Å². The van der Waals surface area contributed by atoms with Crippen LogP contribution in [0.25, 0.3) is 0 Å². The summed E-state index contributed by atoms with van der Waals surface area (Å²) in [5, 5.41) is 6.95. The summed E-state index contributed by atoms with van der Waals surface area (Å²) < 4.78 is 5.51. The van der Waals surface area contributed by atoms with Crippen molar-refractivity contribution in [1.29, 1.82) is 0 Å². The van der Waals surface area contributed by atoms with Gasteiger partial charge in [0.1, 0.15) is 0 Å². The van der Waals surface area contributed by atoms with Crippen LogP contribution in [0.2, 0.25) is 5.02 Å². The Kier molecular flexibility index (Phi) is 6.25. The van der Waals surface area contributed by atoms with Gasteiger partial charge in [-0.05, 0) is 43.0 Å². The fourth-order valence-corrected chi connectivity index (χ4v) is 2.90. The summed E-state index contributed by atoms with van der Waals surface area (Å²) in [6.07, 6.45) is 6.37. The predicted molar refractivity (Wildman–Crippen MR) is 99.2 cm³/mol. The lowest BCUT2D eigenvalue weighted by molar-refractivity contribution is 0.0857. The van der Waals surface area contributed by atoms with E-state index in [1.807, 2.05) is 30.3 Å². The van der Waals surface area contributed by atoms with Crippen molar-refractivity contribution in [3.63, 3.8) is 0 Å². The van der Waals surface area contributed by atoms with E-state index in [4.69, 9.17) is 16.3 Å². The molecule has 2 N–H and O–H groups in total. The molecule has 0 spiro atoms. The van der Waals surface area contributed by atoms with E-state index in [0.717, 1.165) is 43.1 Å². The lowest BCUT2D eigenvalue weighted by atomic mass is 10.1. The number of amides is 1. The first kappa shape index (κ1) is 17.7. The molecule has 1 aliphatic heterocycles. The summed E-state index contributed by atoms with van der Waals surface area (Å²) in [5.41, 5.74) is 2.59. The molecule has 0 aliphatic carbocycles. The molecule has 25 heavy (non-hydrogen) atoms. The Hall–Kier alpha value is -2.11. The summed E-state index contributed by atoms with van der Waals surface area (Å²) in [4.78, 5) is 16.4. The van der Waals surface area contributed by atoms with Crippen LogP contribution < -0.4 is 10.6 Å². The highest BCUT2D eigenvalue weighted by molar-refractivity contribution is 6.30. The topological polar surface area (TPSA) is 63.2 Å². The van der Waals surface area contributed by atoms with Crippen LogP contribution in [0, 0.1) is 0 Å². The Bertz CT molecular complexity index is 700. The molecule has 1 aromatic heterocycles. The monoisotopic (exact) mass is 359 g/mol. The van der Waals surface area contributed by atoms with Gasteiger partial charge in [0.05, 0.1) is 17.4 Å². The number of rotatable bonds is 7. The summed E-state index contributed by atoms with van der Waals surface area (Å²) in [5.74, 6) is -0.121. The Morgan fingerprint density at radius 2 is 2.12 bits per heavy atom. The van der Waals surface area contributed by atoms with Gasteiger partial charge in [0.2, 0.25) is 0 Å².